The van der Waals surface area contributed by atoms with Crippen molar-refractivity contribution < 1.29 is 0 Å². The van der Waals surface area contributed by atoms with Gasteiger partial charge < -0.3 is 21.4 Å². The Balaban J connectivity index is 2.33. The second-order valence-corrected chi connectivity index (χ2v) is 5.58. The highest BCUT2D eigenvalue weighted by molar-refractivity contribution is 5.96. The van der Waals surface area contributed by atoms with Gasteiger partial charge in [-0.25, -0.2) is 4.79 Å². The number of amidine groups is 1. The fourth-order valence-corrected chi connectivity index (χ4v) is 2.39. The number of aryl methyl sites for hydroxylation is 1. The molecule has 5 N–H and O–H groups in total. The maximum absolute atomic E-state index is 12.3. The number of aromatic amines is 1. The number of H-pyrrole nitrogens is 1. The Kier molecular flexibility index (Phi) is 6.08. The van der Waals surface area contributed by atoms with E-state index in [1.165, 1.54) is 0 Å². The van der Waals surface area contributed by atoms with Gasteiger partial charge in [-0.1, -0.05) is 24.3 Å². The molecule has 0 unspecified atom stereocenters. The molecule has 1 heterocycles. The summed E-state index contributed by atoms with van der Waals surface area (Å²) >= 11 is 0. The van der Waals surface area contributed by atoms with Crippen LogP contribution >= 0.6 is 0 Å². The summed E-state index contributed by atoms with van der Waals surface area (Å²) in [6.45, 7) is 5.48. The van der Waals surface area contributed by atoms with Gasteiger partial charge in [0.25, 0.3) is 0 Å². The molecular formula is C17H24N6O. The smallest absolute Gasteiger partial charge is 0.327 e. The van der Waals surface area contributed by atoms with Crippen molar-refractivity contribution in [2.75, 3.05) is 18.4 Å². The van der Waals surface area contributed by atoms with Gasteiger partial charge >= 0.3 is 5.69 Å². The molecule has 7 nitrogen and oxygen atoms in total. The second kappa shape index (κ2) is 8.26. The van der Waals surface area contributed by atoms with Crippen LogP contribution < -0.4 is 16.7 Å². The maximum atomic E-state index is 12.3. The molecule has 128 valence electrons. The Morgan fingerprint density at radius 3 is 2.88 bits per heavy atom. The zero-order chi connectivity index (χ0) is 17.5. The molecule has 0 radical (unpaired) electrons. The number of nitrogens with one attached hydrogen (secondary N) is 3. The third kappa shape index (κ3) is 4.20. The van der Waals surface area contributed by atoms with Crippen molar-refractivity contribution in [2.24, 2.45) is 10.7 Å². The summed E-state index contributed by atoms with van der Waals surface area (Å²) < 4.78 is 1.59. The van der Waals surface area contributed by atoms with Gasteiger partial charge in [-0.05, 0) is 37.9 Å². The first-order chi connectivity index (χ1) is 11.6. The van der Waals surface area contributed by atoms with Crippen LogP contribution in [0.4, 0.5) is 5.82 Å². The van der Waals surface area contributed by atoms with E-state index in [9.17, 15) is 4.79 Å². The summed E-state index contributed by atoms with van der Waals surface area (Å²) in [6, 6.07) is 7.92. The molecule has 0 aliphatic rings. The van der Waals surface area contributed by atoms with E-state index in [2.05, 4.69) is 15.3 Å². The van der Waals surface area contributed by atoms with Crippen LogP contribution in [-0.4, -0.2) is 34.7 Å². The zero-order valence-electron chi connectivity index (χ0n) is 14.1. The highest BCUT2D eigenvalue weighted by Gasteiger charge is 2.14. The van der Waals surface area contributed by atoms with Gasteiger partial charge in [0.05, 0.1) is 12.4 Å². The van der Waals surface area contributed by atoms with E-state index in [-0.39, 0.29) is 5.69 Å². The molecule has 1 aromatic carbocycles. The van der Waals surface area contributed by atoms with Gasteiger partial charge in [0, 0.05) is 12.8 Å². The van der Waals surface area contributed by atoms with Crippen LogP contribution in [0.3, 0.4) is 0 Å². The van der Waals surface area contributed by atoms with Crippen LogP contribution in [0.15, 0.2) is 34.1 Å². The first-order valence-electron chi connectivity index (χ1n) is 7.92. The lowest BCUT2D eigenvalue weighted by Crippen LogP contribution is -2.22. The summed E-state index contributed by atoms with van der Waals surface area (Å²) in [4.78, 5) is 19.4. The average Bonchev–Trinajstić information content (AvgIpc) is 2.85. The number of hydrogen-bond acceptors (Lipinski definition) is 4. The van der Waals surface area contributed by atoms with Gasteiger partial charge in [0.2, 0.25) is 0 Å². The molecule has 7 heteroatoms. The van der Waals surface area contributed by atoms with Crippen LogP contribution in [0.1, 0.15) is 30.2 Å². The highest BCUT2D eigenvalue weighted by Crippen LogP contribution is 2.15. The van der Waals surface area contributed by atoms with E-state index in [1.54, 1.807) is 4.57 Å². The number of aromatic nitrogens is 2. The van der Waals surface area contributed by atoms with Gasteiger partial charge in [0.1, 0.15) is 11.5 Å². The lowest BCUT2D eigenvalue weighted by Gasteiger charge is -2.12. The monoisotopic (exact) mass is 328 g/mol. The van der Waals surface area contributed by atoms with E-state index in [0.29, 0.717) is 37.0 Å². The number of nitrogens with two attached hydrogens (primary N) is 1. The van der Waals surface area contributed by atoms with Gasteiger partial charge in [-0.15, -0.1) is 0 Å². The van der Waals surface area contributed by atoms with Crippen molar-refractivity contribution in [1.29, 1.82) is 5.41 Å². The Morgan fingerprint density at radius 1 is 1.46 bits per heavy atom. The summed E-state index contributed by atoms with van der Waals surface area (Å²) in [5.74, 6) is 1.23. The molecule has 0 atom stereocenters. The lowest BCUT2D eigenvalue weighted by atomic mass is 10.1. The third-order valence-corrected chi connectivity index (χ3v) is 3.76. The van der Waals surface area contributed by atoms with Crippen LogP contribution in [0.25, 0.3) is 0 Å². The molecule has 0 aliphatic heterocycles. The van der Waals surface area contributed by atoms with Gasteiger partial charge in [0.15, 0.2) is 0 Å². The lowest BCUT2D eigenvalue weighted by molar-refractivity contribution is 0.766. The quantitative estimate of drug-likeness (QED) is 0.352. The van der Waals surface area contributed by atoms with Crippen molar-refractivity contribution in [3.63, 3.8) is 0 Å². The number of aliphatic imine (C=N–C) groups is 1. The predicted molar refractivity (Wildman–Crippen MR) is 98.5 cm³/mol. The summed E-state index contributed by atoms with van der Waals surface area (Å²) in [5, 5.41) is 10.7. The largest absolute Gasteiger partial charge is 0.330 e. The van der Waals surface area contributed by atoms with Crippen LogP contribution in [0.5, 0.6) is 0 Å². The van der Waals surface area contributed by atoms with E-state index >= 15 is 0 Å². The summed E-state index contributed by atoms with van der Waals surface area (Å²) in [6.07, 6.45) is 1.94. The number of rotatable bonds is 7. The van der Waals surface area contributed by atoms with Gasteiger partial charge in [-0.2, -0.15) is 0 Å². The molecule has 0 amide bonds. The second-order valence-electron chi connectivity index (χ2n) is 5.58. The third-order valence-electron chi connectivity index (χ3n) is 3.76. The maximum Gasteiger partial charge on any atom is 0.327 e. The minimum atomic E-state index is -0.256. The summed E-state index contributed by atoms with van der Waals surface area (Å²) in [5.41, 5.74) is 7.81. The molecule has 24 heavy (non-hydrogen) atoms. The number of nitrogens with zero attached hydrogens (tertiary/aromatic N) is 2. The van der Waals surface area contributed by atoms with Crippen molar-refractivity contribution in [3.8, 4) is 0 Å². The molecule has 0 fully saturated rings. The van der Waals surface area contributed by atoms with E-state index < -0.39 is 0 Å². The number of imidazole rings is 1. The van der Waals surface area contributed by atoms with Crippen molar-refractivity contribution in [1.82, 2.24) is 9.55 Å². The van der Waals surface area contributed by atoms with Crippen molar-refractivity contribution in [2.45, 2.75) is 26.8 Å². The van der Waals surface area contributed by atoms with Crippen LogP contribution in [0.2, 0.25) is 0 Å². The molecule has 2 rings (SSSR count). The number of anilines is 1. The number of hydrogen-bond donors (Lipinski definition) is 4. The normalized spacial score (nSPS) is 11.5. The predicted octanol–water partition coefficient (Wildman–Crippen LogP) is 1.71. The highest BCUT2D eigenvalue weighted by atomic mass is 16.1. The minimum Gasteiger partial charge on any atom is -0.330 e. The molecule has 0 saturated heterocycles. The molecule has 1 aromatic heterocycles. The minimum absolute atomic E-state index is 0.256. The van der Waals surface area contributed by atoms with E-state index in [0.717, 1.165) is 23.8 Å². The van der Waals surface area contributed by atoms with Crippen LogP contribution in [-0.2, 0) is 6.54 Å². The zero-order valence-corrected chi connectivity index (χ0v) is 14.1. The first kappa shape index (κ1) is 17.7. The SMILES string of the molecule is CC(=NCCCN)Nc1c(C=N)[nH]c(=O)n1Cc1ccccc1C. The Hall–Kier alpha value is -2.67. The first-order valence-corrected chi connectivity index (χ1v) is 7.92. The molecular weight excluding hydrogens is 304 g/mol. The standard InChI is InChI=1S/C17H24N6O/c1-12-6-3-4-7-14(12)11-23-16(15(10-19)22-17(23)24)21-13(2)20-9-5-8-18/h3-4,6-7,10,19H,5,8-9,11,18H2,1-2H3,(H,20,21)(H,22,24). The van der Waals surface area contributed by atoms with Crippen LogP contribution in [0, 0.1) is 12.3 Å². The topological polar surface area (TPSA) is 112 Å². The number of benzene rings is 1. The van der Waals surface area contributed by atoms with Crippen molar-refractivity contribution >= 4 is 17.9 Å². The molecule has 2 aromatic rings. The summed E-state index contributed by atoms with van der Waals surface area (Å²) in [7, 11) is 0. The fourth-order valence-electron chi connectivity index (χ4n) is 2.39. The van der Waals surface area contributed by atoms with Gasteiger partial charge in [-0.3, -0.25) is 9.56 Å². The molecule has 0 saturated carbocycles. The van der Waals surface area contributed by atoms with E-state index in [1.807, 2.05) is 38.1 Å². The Morgan fingerprint density at radius 2 is 2.21 bits per heavy atom. The van der Waals surface area contributed by atoms with Crippen molar-refractivity contribution in [3.05, 3.63) is 51.6 Å². The Labute approximate surface area is 141 Å². The molecule has 0 spiro atoms. The van der Waals surface area contributed by atoms with E-state index in [4.69, 9.17) is 11.1 Å². The molecule has 0 bridgehead atoms. The molecule has 0 aliphatic carbocycles. The fraction of sp³-hybridized carbons (Fsp3) is 0.353. The average molecular weight is 328 g/mol. The Bertz CT molecular complexity index is 787.